The van der Waals surface area contributed by atoms with Crippen LogP contribution in [-0.4, -0.2) is 40.5 Å². The number of nitrogens with zero attached hydrogens (tertiary/aromatic N) is 2. The number of hydrogen-bond acceptors (Lipinski definition) is 5. The van der Waals surface area contributed by atoms with Crippen LogP contribution in [0.15, 0.2) is 23.1 Å². The second kappa shape index (κ2) is 6.43. The summed E-state index contributed by atoms with van der Waals surface area (Å²) in [5, 5.41) is 9.05. The van der Waals surface area contributed by atoms with Crippen molar-refractivity contribution in [2.45, 2.75) is 18.7 Å². The summed E-state index contributed by atoms with van der Waals surface area (Å²) >= 11 is 0. The molecular formula is C14H22N4O2S. The van der Waals surface area contributed by atoms with Crippen molar-refractivity contribution >= 4 is 15.7 Å². The lowest BCUT2D eigenvalue weighted by atomic mass is 9.93. The first-order valence-electron chi connectivity index (χ1n) is 6.51. The molecule has 0 aliphatic rings. The van der Waals surface area contributed by atoms with Crippen molar-refractivity contribution in [1.29, 1.82) is 5.26 Å². The second-order valence-electron chi connectivity index (χ2n) is 6.09. The normalized spacial score (nSPS) is 12.4. The molecular weight excluding hydrogens is 288 g/mol. The zero-order valence-electron chi connectivity index (χ0n) is 12.8. The molecule has 0 aliphatic carbocycles. The highest BCUT2D eigenvalue weighted by atomic mass is 32.2. The van der Waals surface area contributed by atoms with Gasteiger partial charge in [-0.2, -0.15) is 5.26 Å². The topological polar surface area (TPSA) is 99.2 Å². The van der Waals surface area contributed by atoms with Gasteiger partial charge in [-0.3, -0.25) is 0 Å². The van der Waals surface area contributed by atoms with Crippen molar-refractivity contribution in [2.24, 2.45) is 5.41 Å². The van der Waals surface area contributed by atoms with E-state index in [0.717, 1.165) is 6.54 Å². The number of anilines is 1. The Labute approximate surface area is 126 Å². The van der Waals surface area contributed by atoms with Crippen LogP contribution in [-0.2, 0) is 10.0 Å². The van der Waals surface area contributed by atoms with Crippen molar-refractivity contribution in [1.82, 2.24) is 9.62 Å². The van der Waals surface area contributed by atoms with Gasteiger partial charge in [0.1, 0.15) is 6.07 Å². The Kier molecular flexibility index (Phi) is 5.34. The van der Waals surface area contributed by atoms with E-state index in [1.54, 1.807) is 0 Å². The fraction of sp³-hybridized carbons (Fsp3) is 0.500. The van der Waals surface area contributed by atoms with Gasteiger partial charge >= 0.3 is 0 Å². The summed E-state index contributed by atoms with van der Waals surface area (Å²) < 4.78 is 27.2. The van der Waals surface area contributed by atoms with Gasteiger partial charge in [-0.15, -0.1) is 0 Å². The highest BCUT2D eigenvalue weighted by Gasteiger charge is 2.24. The molecule has 6 nitrogen and oxygen atoms in total. The summed E-state index contributed by atoms with van der Waals surface area (Å²) in [6, 6.07) is 6.05. The fourth-order valence-corrected chi connectivity index (χ4v) is 3.53. The molecule has 1 rings (SSSR count). The smallest absolute Gasteiger partial charge is 0.241 e. The maximum Gasteiger partial charge on any atom is 0.241 e. The zero-order valence-corrected chi connectivity index (χ0v) is 13.7. The molecule has 0 saturated heterocycles. The van der Waals surface area contributed by atoms with Crippen molar-refractivity contribution in [3.63, 3.8) is 0 Å². The number of nitriles is 1. The summed E-state index contributed by atoms with van der Waals surface area (Å²) in [6.07, 6.45) is 0. The Balaban J connectivity index is 2.96. The molecule has 0 aliphatic heterocycles. The summed E-state index contributed by atoms with van der Waals surface area (Å²) in [6.45, 7) is 4.97. The molecule has 0 unspecified atom stereocenters. The third kappa shape index (κ3) is 5.01. The number of sulfonamides is 1. The molecule has 0 bridgehead atoms. The van der Waals surface area contributed by atoms with Crippen molar-refractivity contribution in [3.05, 3.63) is 23.8 Å². The van der Waals surface area contributed by atoms with Gasteiger partial charge in [0.25, 0.3) is 0 Å². The zero-order chi connectivity index (χ0) is 16.3. The van der Waals surface area contributed by atoms with E-state index >= 15 is 0 Å². The molecule has 1 aromatic rings. The quantitative estimate of drug-likeness (QED) is 0.764. The molecule has 0 fully saturated rings. The van der Waals surface area contributed by atoms with Gasteiger partial charge in [0.15, 0.2) is 0 Å². The fourth-order valence-electron chi connectivity index (χ4n) is 2.15. The standard InChI is InChI=1S/C14H22N4O2S/c1-14(2,10-18(3)4)9-17-21(19,20)13-6-5-12(16)7-11(13)8-15/h5-7,17H,9-10,16H2,1-4H3. The van der Waals surface area contributed by atoms with E-state index in [1.165, 1.54) is 18.2 Å². The average Bonchev–Trinajstić information content (AvgIpc) is 2.34. The predicted molar refractivity (Wildman–Crippen MR) is 83.1 cm³/mol. The SMILES string of the molecule is CN(C)CC(C)(C)CNS(=O)(=O)c1ccc(N)cc1C#N. The number of nitrogen functional groups attached to an aromatic ring is 1. The van der Waals surface area contributed by atoms with Gasteiger partial charge < -0.3 is 10.6 Å². The van der Waals surface area contributed by atoms with E-state index in [9.17, 15) is 8.42 Å². The van der Waals surface area contributed by atoms with E-state index in [1.807, 2.05) is 38.9 Å². The molecule has 0 radical (unpaired) electrons. The van der Waals surface area contributed by atoms with Gasteiger partial charge in [-0.25, -0.2) is 13.1 Å². The van der Waals surface area contributed by atoms with E-state index in [-0.39, 0.29) is 22.4 Å². The first-order valence-corrected chi connectivity index (χ1v) is 8.00. The highest BCUT2D eigenvalue weighted by Crippen LogP contribution is 2.20. The summed E-state index contributed by atoms with van der Waals surface area (Å²) in [5.41, 5.74) is 5.76. The maximum absolute atomic E-state index is 12.3. The molecule has 0 aromatic heterocycles. The summed E-state index contributed by atoms with van der Waals surface area (Å²) in [5.74, 6) is 0. The van der Waals surface area contributed by atoms with E-state index in [0.29, 0.717) is 5.69 Å². The Morgan fingerprint density at radius 1 is 1.38 bits per heavy atom. The Hall–Kier alpha value is -1.62. The summed E-state index contributed by atoms with van der Waals surface area (Å²) in [7, 11) is 0.134. The van der Waals surface area contributed by atoms with Gasteiger partial charge in [0, 0.05) is 18.8 Å². The monoisotopic (exact) mass is 310 g/mol. The molecule has 0 heterocycles. The number of benzene rings is 1. The van der Waals surface area contributed by atoms with Crippen LogP contribution in [0.5, 0.6) is 0 Å². The molecule has 3 N–H and O–H groups in total. The van der Waals surface area contributed by atoms with Crippen LogP contribution < -0.4 is 10.5 Å². The van der Waals surface area contributed by atoms with E-state index in [2.05, 4.69) is 4.72 Å². The van der Waals surface area contributed by atoms with Crippen LogP contribution in [0, 0.1) is 16.7 Å². The Bertz CT molecular complexity index is 645. The third-order valence-electron chi connectivity index (χ3n) is 2.90. The maximum atomic E-state index is 12.3. The van der Waals surface area contributed by atoms with Gasteiger partial charge in [0.2, 0.25) is 10.0 Å². The van der Waals surface area contributed by atoms with Crippen molar-refractivity contribution in [3.8, 4) is 6.07 Å². The molecule has 7 heteroatoms. The molecule has 0 amide bonds. The van der Waals surface area contributed by atoms with E-state index < -0.39 is 10.0 Å². The average molecular weight is 310 g/mol. The molecule has 21 heavy (non-hydrogen) atoms. The molecule has 116 valence electrons. The van der Waals surface area contributed by atoms with Gasteiger partial charge in [-0.1, -0.05) is 13.8 Å². The lowest BCUT2D eigenvalue weighted by molar-refractivity contribution is 0.242. The van der Waals surface area contributed by atoms with Crippen LogP contribution in [0.25, 0.3) is 0 Å². The number of nitrogens with one attached hydrogen (secondary N) is 1. The minimum atomic E-state index is -3.74. The first kappa shape index (κ1) is 17.4. The summed E-state index contributed by atoms with van der Waals surface area (Å²) in [4.78, 5) is 1.96. The highest BCUT2D eigenvalue weighted by molar-refractivity contribution is 7.89. The Morgan fingerprint density at radius 2 is 2.00 bits per heavy atom. The van der Waals surface area contributed by atoms with Gasteiger partial charge in [-0.05, 0) is 37.7 Å². The van der Waals surface area contributed by atoms with E-state index in [4.69, 9.17) is 11.0 Å². The molecule has 0 atom stereocenters. The van der Waals surface area contributed by atoms with Crippen LogP contribution in [0.1, 0.15) is 19.4 Å². The number of rotatable bonds is 6. The van der Waals surface area contributed by atoms with Crippen LogP contribution in [0.2, 0.25) is 0 Å². The predicted octanol–water partition coefficient (Wildman–Crippen LogP) is 1.01. The van der Waals surface area contributed by atoms with Crippen LogP contribution in [0.4, 0.5) is 5.69 Å². The molecule has 0 saturated carbocycles. The van der Waals surface area contributed by atoms with Crippen molar-refractivity contribution in [2.75, 3.05) is 32.9 Å². The minimum absolute atomic E-state index is 0.0418. The molecule has 0 spiro atoms. The largest absolute Gasteiger partial charge is 0.399 e. The minimum Gasteiger partial charge on any atom is -0.399 e. The number of nitrogens with two attached hydrogens (primary N) is 1. The Morgan fingerprint density at radius 3 is 2.52 bits per heavy atom. The number of hydrogen-bond donors (Lipinski definition) is 2. The van der Waals surface area contributed by atoms with Gasteiger partial charge in [0.05, 0.1) is 10.5 Å². The molecule has 1 aromatic carbocycles. The first-order chi connectivity index (χ1) is 9.57. The lowest BCUT2D eigenvalue weighted by Gasteiger charge is -2.28. The second-order valence-corrected chi connectivity index (χ2v) is 7.83. The van der Waals surface area contributed by atoms with Crippen molar-refractivity contribution < 1.29 is 8.42 Å². The lowest BCUT2D eigenvalue weighted by Crippen LogP contribution is -2.40. The third-order valence-corrected chi connectivity index (χ3v) is 4.36. The van der Waals surface area contributed by atoms with Crippen LogP contribution in [0.3, 0.4) is 0 Å². The van der Waals surface area contributed by atoms with Crippen LogP contribution >= 0.6 is 0 Å².